The van der Waals surface area contributed by atoms with Crippen molar-refractivity contribution < 1.29 is 13.9 Å². The molecule has 0 aliphatic heterocycles. The molecule has 0 aliphatic carbocycles. The fraction of sp³-hybridized carbons (Fsp3) is 0.333. The van der Waals surface area contributed by atoms with Crippen LogP contribution in [0.15, 0.2) is 18.2 Å². The van der Waals surface area contributed by atoms with Crippen molar-refractivity contribution in [1.82, 2.24) is 0 Å². The molecule has 0 aromatic heterocycles. The average molecular weight is 225 g/mol. The monoisotopic (exact) mass is 225 g/mol. The third kappa shape index (κ3) is 2.73. The van der Waals surface area contributed by atoms with Crippen LogP contribution in [-0.4, -0.2) is 20.8 Å². The molecule has 0 radical (unpaired) electrons. The predicted octanol–water partition coefficient (Wildman–Crippen LogP) is 2.15. The second-order valence-corrected chi connectivity index (χ2v) is 3.19. The fourth-order valence-corrected chi connectivity index (χ4v) is 1.47. The number of hydrogen-bond donors (Lipinski definition) is 1. The topological polar surface area (TPSA) is 44.5 Å². The summed E-state index contributed by atoms with van der Waals surface area (Å²) in [7, 11) is 3.02. The van der Waals surface area contributed by atoms with Crippen LogP contribution in [0.4, 0.5) is 4.39 Å². The highest BCUT2D eigenvalue weighted by atomic mass is 19.1. The molecule has 4 heteroatoms. The van der Waals surface area contributed by atoms with Gasteiger partial charge in [-0.2, -0.15) is 0 Å². The van der Waals surface area contributed by atoms with Crippen LogP contribution < -0.4 is 15.2 Å². The lowest BCUT2D eigenvalue weighted by Crippen LogP contribution is -1.96. The number of methoxy groups -OCH3 is 2. The lowest BCUT2D eigenvalue weighted by molar-refractivity contribution is 0.345. The Morgan fingerprint density at radius 1 is 1.31 bits per heavy atom. The van der Waals surface area contributed by atoms with Gasteiger partial charge in [-0.1, -0.05) is 12.2 Å². The van der Waals surface area contributed by atoms with E-state index in [2.05, 4.69) is 0 Å². The Bertz CT molecular complexity index is 352. The quantitative estimate of drug-likeness (QED) is 0.835. The van der Waals surface area contributed by atoms with E-state index < -0.39 is 6.67 Å². The van der Waals surface area contributed by atoms with E-state index in [1.165, 1.54) is 14.2 Å². The van der Waals surface area contributed by atoms with Crippen molar-refractivity contribution in [3.63, 3.8) is 0 Å². The highest BCUT2D eigenvalue weighted by Gasteiger charge is 2.10. The molecule has 0 atom stereocenters. The van der Waals surface area contributed by atoms with Gasteiger partial charge in [0, 0.05) is 12.1 Å². The predicted molar refractivity (Wildman–Crippen MR) is 62.4 cm³/mol. The molecule has 1 rings (SSSR count). The van der Waals surface area contributed by atoms with Crippen molar-refractivity contribution in [3.05, 3.63) is 29.3 Å². The summed E-state index contributed by atoms with van der Waals surface area (Å²) in [6.07, 6.45) is 3.62. The Labute approximate surface area is 94.7 Å². The van der Waals surface area contributed by atoms with Gasteiger partial charge in [0.2, 0.25) is 0 Å². The maximum Gasteiger partial charge on any atom is 0.166 e. The summed E-state index contributed by atoms with van der Waals surface area (Å²) >= 11 is 0. The minimum atomic E-state index is -0.593. The van der Waals surface area contributed by atoms with E-state index in [0.717, 1.165) is 5.56 Å². The van der Waals surface area contributed by atoms with Gasteiger partial charge >= 0.3 is 0 Å². The minimum absolute atomic E-state index is 0.440. The maximum atomic E-state index is 12.8. The van der Waals surface area contributed by atoms with Crippen molar-refractivity contribution in [1.29, 1.82) is 0 Å². The van der Waals surface area contributed by atoms with Crippen molar-refractivity contribution in [2.24, 2.45) is 5.73 Å². The van der Waals surface area contributed by atoms with Gasteiger partial charge in [-0.15, -0.1) is 0 Å². The van der Waals surface area contributed by atoms with Gasteiger partial charge in [-0.3, -0.25) is 0 Å². The maximum absolute atomic E-state index is 12.8. The Hall–Kier alpha value is -1.55. The van der Waals surface area contributed by atoms with Crippen LogP contribution in [0.2, 0.25) is 0 Å². The average Bonchev–Trinajstić information content (AvgIpc) is 2.34. The molecular weight excluding hydrogens is 209 g/mol. The van der Waals surface area contributed by atoms with Crippen LogP contribution in [-0.2, 0) is 6.67 Å². The fourth-order valence-electron chi connectivity index (χ4n) is 1.47. The van der Waals surface area contributed by atoms with Crippen molar-refractivity contribution in [2.75, 3.05) is 20.8 Å². The Morgan fingerprint density at radius 2 is 2.06 bits per heavy atom. The molecule has 3 nitrogen and oxygen atoms in total. The van der Waals surface area contributed by atoms with E-state index in [0.29, 0.717) is 23.6 Å². The first-order chi connectivity index (χ1) is 7.76. The van der Waals surface area contributed by atoms with Gasteiger partial charge in [0.05, 0.1) is 14.2 Å². The molecule has 0 unspecified atom stereocenters. The number of ether oxygens (including phenoxy) is 2. The summed E-state index contributed by atoms with van der Waals surface area (Å²) in [5, 5.41) is 0. The van der Waals surface area contributed by atoms with Crippen LogP contribution in [0.3, 0.4) is 0 Å². The van der Waals surface area contributed by atoms with E-state index in [1.807, 2.05) is 6.08 Å². The summed E-state index contributed by atoms with van der Waals surface area (Å²) in [6, 6.07) is 3.50. The van der Waals surface area contributed by atoms with Gasteiger partial charge < -0.3 is 15.2 Å². The number of nitrogens with two attached hydrogens (primary N) is 1. The molecule has 0 heterocycles. The number of rotatable bonds is 5. The minimum Gasteiger partial charge on any atom is -0.493 e. The smallest absolute Gasteiger partial charge is 0.166 e. The zero-order valence-corrected chi connectivity index (χ0v) is 9.50. The Kier molecular flexibility index (Phi) is 4.79. The first kappa shape index (κ1) is 12.5. The second kappa shape index (κ2) is 6.12. The third-order valence-corrected chi connectivity index (χ3v) is 2.17. The molecule has 0 amide bonds. The first-order valence-electron chi connectivity index (χ1n) is 4.94. The van der Waals surface area contributed by atoms with E-state index >= 15 is 0 Å². The highest BCUT2D eigenvalue weighted by Crippen LogP contribution is 2.33. The molecule has 0 bridgehead atoms. The zero-order valence-electron chi connectivity index (χ0n) is 9.50. The van der Waals surface area contributed by atoms with Crippen molar-refractivity contribution in [2.45, 2.75) is 6.67 Å². The molecule has 16 heavy (non-hydrogen) atoms. The molecule has 0 saturated heterocycles. The number of alkyl halides is 1. The van der Waals surface area contributed by atoms with Crippen molar-refractivity contribution >= 4 is 6.08 Å². The summed E-state index contributed by atoms with van der Waals surface area (Å²) in [4.78, 5) is 0. The van der Waals surface area contributed by atoms with Gasteiger partial charge in [0.1, 0.15) is 6.67 Å². The zero-order chi connectivity index (χ0) is 12.0. The summed E-state index contributed by atoms with van der Waals surface area (Å²) in [6.45, 7) is -0.150. The summed E-state index contributed by atoms with van der Waals surface area (Å²) < 4.78 is 23.1. The van der Waals surface area contributed by atoms with Crippen LogP contribution in [0, 0.1) is 0 Å². The molecule has 88 valence electrons. The third-order valence-electron chi connectivity index (χ3n) is 2.17. The van der Waals surface area contributed by atoms with E-state index in [4.69, 9.17) is 15.2 Å². The molecular formula is C12H16FNO2. The number of benzene rings is 1. The summed E-state index contributed by atoms with van der Waals surface area (Å²) in [5.74, 6) is 0.962. The van der Waals surface area contributed by atoms with E-state index in [1.54, 1.807) is 18.2 Å². The normalized spacial score (nSPS) is 10.8. The van der Waals surface area contributed by atoms with Gasteiger partial charge in [-0.25, -0.2) is 4.39 Å². The standard InChI is InChI=1S/C12H16FNO2/c1-15-11-7-9(4-3-5-14)6-10(8-13)12(11)16-2/h3-4,6-7H,5,8,14H2,1-2H3/b4-3+. The van der Waals surface area contributed by atoms with Crippen LogP contribution >= 0.6 is 0 Å². The largest absolute Gasteiger partial charge is 0.493 e. The Balaban J connectivity index is 3.20. The number of halogens is 1. The number of hydrogen-bond acceptors (Lipinski definition) is 3. The SMILES string of the molecule is COc1cc(/C=C/CN)cc(CF)c1OC. The molecule has 1 aromatic carbocycles. The van der Waals surface area contributed by atoms with Crippen molar-refractivity contribution in [3.8, 4) is 11.5 Å². The molecule has 0 spiro atoms. The lowest BCUT2D eigenvalue weighted by Gasteiger charge is -2.12. The van der Waals surface area contributed by atoms with E-state index in [-0.39, 0.29) is 0 Å². The van der Waals surface area contributed by atoms with Crippen LogP contribution in [0.5, 0.6) is 11.5 Å². The second-order valence-electron chi connectivity index (χ2n) is 3.19. The van der Waals surface area contributed by atoms with Crippen LogP contribution in [0.25, 0.3) is 6.08 Å². The molecule has 0 saturated carbocycles. The first-order valence-corrected chi connectivity index (χ1v) is 4.94. The molecule has 0 fully saturated rings. The summed E-state index contributed by atoms with van der Waals surface area (Å²) in [5.41, 5.74) is 6.67. The Morgan fingerprint density at radius 3 is 2.56 bits per heavy atom. The molecule has 2 N–H and O–H groups in total. The van der Waals surface area contributed by atoms with Gasteiger partial charge in [0.25, 0.3) is 0 Å². The highest BCUT2D eigenvalue weighted by molar-refractivity contribution is 5.59. The lowest BCUT2D eigenvalue weighted by atomic mass is 10.1. The van der Waals surface area contributed by atoms with E-state index in [9.17, 15) is 4.39 Å². The molecule has 1 aromatic rings. The van der Waals surface area contributed by atoms with Gasteiger partial charge in [-0.05, 0) is 17.7 Å². The molecule has 0 aliphatic rings. The van der Waals surface area contributed by atoms with Crippen LogP contribution in [0.1, 0.15) is 11.1 Å². The van der Waals surface area contributed by atoms with Gasteiger partial charge in [0.15, 0.2) is 11.5 Å².